The van der Waals surface area contributed by atoms with Crippen molar-refractivity contribution < 1.29 is 9.59 Å². The minimum absolute atomic E-state index is 0.0578. The molecule has 2 fully saturated rings. The summed E-state index contributed by atoms with van der Waals surface area (Å²) in [4.78, 5) is 31.0. The molecule has 132 valence electrons. The lowest BCUT2D eigenvalue weighted by atomic mass is 9.94. The quantitative estimate of drug-likeness (QED) is 0.794. The summed E-state index contributed by atoms with van der Waals surface area (Å²) in [7, 11) is 3.64. The number of rotatable bonds is 4. The summed E-state index contributed by atoms with van der Waals surface area (Å²) < 4.78 is 0. The number of carbonyl (C=O) groups is 2. The van der Waals surface area contributed by atoms with Gasteiger partial charge in [-0.25, -0.2) is 0 Å². The van der Waals surface area contributed by atoms with Crippen LogP contribution < -0.4 is 0 Å². The van der Waals surface area contributed by atoms with Crippen molar-refractivity contribution in [1.82, 2.24) is 14.7 Å². The minimum atomic E-state index is -0.0578. The standard InChI is InChI=1S/C18H33N3O2/c1-5-16-8-6-7-11-21(16)17(22)14(2)20-12-9-15(10-13-20)18(23)19(3)4/h14-16H,5-13H2,1-4H3. The Hall–Kier alpha value is -1.10. The molecule has 5 heteroatoms. The van der Waals surface area contributed by atoms with E-state index in [-0.39, 0.29) is 23.8 Å². The summed E-state index contributed by atoms with van der Waals surface area (Å²) in [6.07, 6.45) is 6.31. The van der Waals surface area contributed by atoms with Gasteiger partial charge >= 0.3 is 0 Å². The number of amides is 2. The van der Waals surface area contributed by atoms with Crippen molar-refractivity contribution in [3.8, 4) is 0 Å². The van der Waals surface area contributed by atoms with Crippen molar-refractivity contribution in [1.29, 1.82) is 0 Å². The molecule has 0 bridgehead atoms. The van der Waals surface area contributed by atoms with Crippen LogP contribution in [0.1, 0.15) is 52.4 Å². The van der Waals surface area contributed by atoms with E-state index in [2.05, 4.69) is 16.7 Å². The van der Waals surface area contributed by atoms with E-state index in [1.165, 1.54) is 6.42 Å². The van der Waals surface area contributed by atoms with Crippen LogP contribution in [0.3, 0.4) is 0 Å². The van der Waals surface area contributed by atoms with Gasteiger partial charge in [-0.05, 0) is 58.5 Å². The van der Waals surface area contributed by atoms with Crippen LogP contribution in [0.4, 0.5) is 0 Å². The first-order chi connectivity index (χ1) is 11.0. The van der Waals surface area contributed by atoms with Gasteiger partial charge in [0.15, 0.2) is 0 Å². The van der Waals surface area contributed by atoms with Crippen LogP contribution in [-0.2, 0) is 9.59 Å². The molecule has 2 amide bonds. The highest BCUT2D eigenvalue weighted by Crippen LogP contribution is 2.24. The van der Waals surface area contributed by atoms with E-state index in [1.807, 2.05) is 21.0 Å². The molecule has 2 unspecified atom stereocenters. The topological polar surface area (TPSA) is 43.9 Å². The molecule has 0 spiro atoms. The molecular formula is C18H33N3O2. The van der Waals surface area contributed by atoms with Crippen LogP contribution in [0.15, 0.2) is 0 Å². The first kappa shape index (κ1) is 18.2. The molecule has 0 radical (unpaired) electrons. The first-order valence-electron chi connectivity index (χ1n) is 9.21. The van der Waals surface area contributed by atoms with Gasteiger partial charge in [-0.3, -0.25) is 14.5 Å². The van der Waals surface area contributed by atoms with Gasteiger partial charge in [-0.2, -0.15) is 0 Å². The Bertz CT molecular complexity index is 416. The van der Waals surface area contributed by atoms with Gasteiger partial charge in [0, 0.05) is 32.6 Å². The lowest BCUT2D eigenvalue weighted by Gasteiger charge is -2.41. The van der Waals surface area contributed by atoms with Gasteiger partial charge < -0.3 is 9.80 Å². The summed E-state index contributed by atoms with van der Waals surface area (Å²) in [6, 6.07) is 0.365. The first-order valence-corrected chi connectivity index (χ1v) is 9.21. The van der Waals surface area contributed by atoms with Gasteiger partial charge in [-0.15, -0.1) is 0 Å². The number of carbonyl (C=O) groups excluding carboxylic acids is 2. The van der Waals surface area contributed by atoms with Crippen LogP contribution in [0, 0.1) is 5.92 Å². The summed E-state index contributed by atoms with van der Waals surface area (Å²) in [5, 5.41) is 0. The molecule has 2 saturated heterocycles. The highest BCUT2D eigenvalue weighted by molar-refractivity contribution is 5.82. The largest absolute Gasteiger partial charge is 0.349 e. The van der Waals surface area contributed by atoms with Gasteiger partial charge in [0.1, 0.15) is 0 Å². The van der Waals surface area contributed by atoms with E-state index >= 15 is 0 Å². The second-order valence-corrected chi connectivity index (χ2v) is 7.31. The Morgan fingerprint density at radius 2 is 1.74 bits per heavy atom. The van der Waals surface area contributed by atoms with Crippen molar-refractivity contribution in [2.24, 2.45) is 5.92 Å². The lowest BCUT2D eigenvalue weighted by molar-refractivity contribution is -0.141. The predicted molar refractivity (Wildman–Crippen MR) is 92.1 cm³/mol. The van der Waals surface area contributed by atoms with Gasteiger partial charge in [0.05, 0.1) is 6.04 Å². The monoisotopic (exact) mass is 323 g/mol. The van der Waals surface area contributed by atoms with E-state index < -0.39 is 0 Å². The molecule has 2 aliphatic heterocycles. The number of likely N-dealkylation sites (tertiary alicyclic amines) is 2. The molecule has 2 atom stereocenters. The Kier molecular flexibility index (Phi) is 6.45. The van der Waals surface area contributed by atoms with Crippen LogP contribution in [0.25, 0.3) is 0 Å². The molecule has 0 saturated carbocycles. The fourth-order valence-electron chi connectivity index (χ4n) is 4.01. The Balaban J connectivity index is 1.90. The molecule has 0 aromatic rings. The second-order valence-electron chi connectivity index (χ2n) is 7.31. The van der Waals surface area contributed by atoms with Gasteiger partial charge in [0.25, 0.3) is 0 Å². The van der Waals surface area contributed by atoms with E-state index in [0.717, 1.165) is 51.7 Å². The summed E-state index contributed by atoms with van der Waals surface area (Å²) in [6.45, 7) is 6.83. The summed E-state index contributed by atoms with van der Waals surface area (Å²) in [5.41, 5.74) is 0. The van der Waals surface area contributed by atoms with Crippen molar-refractivity contribution in [2.75, 3.05) is 33.7 Å². The number of piperidine rings is 2. The number of nitrogens with zero attached hydrogens (tertiary/aromatic N) is 3. The number of hydrogen-bond acceptors (Lipinski definition) is 3. The molecule has 5 nitrogen and oxygen atoms in total. The highest BCUT2D eigenvalue weighted by Gasteiger charge is 2.34. The van der Waals surface area contributed by atoms with Gasteiger partial charge in [-0.1, -0.05) is 6.92 Å². The van der Waals surface area contributed by atoms with Crippen LogP contribution in [0.5, 0.6) is 0 Å². The molecular weight excluding hydrogens is 290 g/mol. The van der Waals surface area contributed by atoms with E-state index in [9.17, 15) is 9.59 Å². The summed E-state index contributed by atoms with van der Waals surface area (Å²) >= 11 is 0. The molecule has 0 N–H and O–H groups in total. The minimum Gasteiger partial charge on any atom is -0.349 e. The van der Waals surface area contributed by atoms with Crippen LogP contribution in [-0.4, -0.2) is 72.3 Å². The molecule has 2 aliphatic rings. The zero-order valence-corrected chi connectivity index (χ0v) is 15.3. The smallest absolute Gasteiger partial charge is 0.239 e. The predicted octanol–water partition coefficient (Wildman–Crippen LogP) is 1.97. The Morgan fingerprint density at radius 3 is 2.30 bits per heavy atom. The van der Waals surface area contributed by atoms with Crippen molar-refractivity contribution in [3.05, 3.63) is 0 Å². The average Bonchev–Trinajstić information content (AvgIpc) is 2.59. The maximum Gasteiger partial charge on any atom is 0.239 e. The fourth-order valence-corrected chi connectivity index (χ4v) is 4.01. The Labute approximate surface area is 141 Å². The third-order valence-electron chi connectivity index (χ3n) is 5.61. The molecule has 2 rings (SSSR count). The maximum absolute atomic E-state index is 12.9. The normalized spacial score (nSPS) is 25.2. The Morgan fingerprint density at radius 1 is 1.09 bits per heavy atom. The maximum atomic E-state index is 12.9. The zero-order valence-electron chi connectivity index (χ0n) is 15.3. The zero-order chi connectivity index (χ0) is 17.0. The van der Waals surface area contributed by atoms with Crippen molar-refractivity contribution >= 4 is 11.8 Å². The van der Waals surface area contributed by atoms with E-state index in [1.54, 1.807) is 4.90 Å². The van der Waals surface area contributed by atoms with E-state index in [4.69, 9.17) is 0 Å². The number of hydrogen-bond donors (Lipinski definition) is 0. The van der Waals surface area contributed by atoms with E-state index in [0.29, 0.717) is 6.04 Å². The average molecular weight is 323 g/mol. The molecule has 2 heterocycles. The van der Waals surface area contributed by atoms with Crippen molar-refractivity contribution in [2.45, 2.75) is 64.5 Å². The third kappa shape index (κ3) is 4.25. The lowest BCUT2D eigenvalue weighted by Crippen LogP contribution is -2.54. The summed E-state index contributed by atoms with van der Waals surface area (Å²) in [5.74, 6) is 0.640. The molecule has 0 aromatic heterocycles. The second kappa shape index (κ2) is 8.13. The van der Waals surface area contributed by atoms with Gasteiger partial charge in [0.2, 0.25) is 11.8 Å². The van der Waals surface area contributed by atoms with Crippen LogP contribution in [0.2, 0.25) is 0 Å². The molecule has 0 aliphatic carbocycles. The molecule has 0 aromatic carbocycles. The van der Waals surface area contributed by atoms with Crippen LogP contribution >= 0.6 is 0 Å². The SMILES string of the molecule is CCC1CCCCN1C(=O)C(C)N1CCC(C(=O)N(C)C)CC1. The molecule has 23 heavy (non-hydrogen) atoms. The third-order valence-corrected chi connectivity index (χ3v) is 5.61. The fraction of sp³-hybridized carbons (Fsp3) is 0.889. The van der Waals surface area contributed by atoms with Crippen molar-refractivity contribution in [3.63, 3.8) is 0 Å². The highest BCUT2D eigenvalue weighted by atomic mass is 16.2.